The van der Waals surface area contributed by atoms with Crippen LogP contribution in [0.4, 0.5) is 22.7 Å². The summed E-state index contributed by atoms with van der Waals surface area (Å²) >= 11 is 0. The maximum absolute atomic E-state index is 13.5. The Balaban J connectivity index is 2.08. The molecule has 1 aliphatic rings. The first kappa shape index (κ1) is 23.9. The molecule has 0 N–H and O–H groups in total. The van der Waals surface area contributed by atoms with Gasteiger partial charge < -0.3 is 14.5 Å². The molecule has 0 atom stereocenters. The summed E-state index contributed by atoms with van der Waals surface area (Å²) in [5, 5.41) is 0. The molecule has 0 saturated heterocycles. The summed E-state index contributed by atoms with van der Waals surface area (Å²) < 4.78 is 6.41. The number of fused-ring (bicyclic) bond motifs is 2. The van der Waals surface area contributed by atoms with E-state index in [1.807, 2.05) is 17.0 Å². The van der Waals surface area contributed by atoms with Crippen LogP contribution in [0.3, 0.4) is 0 Å². The Morgan fingerprint density at radius 2 is 1.16 bits per heavy atom. The zero-order valence-electron chi connectivity index (χ0n) is 20.5. The van der Waals surface area contributed by atoms with Gasteiger partial charge in [0.2, 0.25) is 5.91 Å². The van der Waals surface area contributed by atoms with Crippen molar-refractivity contribution < 1.29 is 9.53 Å². The summed E-state index contributed by atoms with van der Waals surface area (Å²) in [6, 6.07) is 12.3. The number of carbonyl (C=O) groups is 1. The molecule has 3 rings (SSSR count). The van der Waals surface area contributed by atoms with E-state index in [-0.39, 0.29) is 5.91 Å². The van der Waals surface area contributed by atoms with Crippen molar-refractivity contribution in [2.75, 3.05) is 60.5 Å². The van der Waals surface area contributed by atoms with Gasteiger partial charge in [-0.25, -0.2) is 0 Å². The van der Waals surface area contributed by atoms with Crippen molar-refractivity contribution >= 4 is 28.7 Å². The van der Waals surface area contributed by atoms with Crippen LogP contribution >= 0.6 is 0 Å². The van der Waals surface area contributed by atoms with E-state index >= 15 is 0 Å². The molecule has 1 heterocycles. The van der Waals surface area contributed by atoms with Gasteiger partial charge in [0.05, 0.1) is 17.9 Å². The first-order valence-corrected chi connectivity index (χ1v) is 12.0. The number of benzene rings is 2. The number of amides is 1. The first-order valence-electron chi connectivity index (χ1n) is 12.0. The number of nitrogens with zero attached hydrogens (tertiary/aromatic N) is 4. The van der Waals surface area contributed by atoms with Gasteiger partial charge in [0.25, 0.3) is 0 Å². The summed E-state index contributed by atoms with van der Waals surface area (Å²) in [6.07, 6.45) is 0. The molecular formula is C26H38N4O2. The van der Waals surface area contributed by atoms with Crippen molar-refractivity contribution in [3.63, 3.8) is 0 Å². The molecule has 0 aromatic heterocycles. The van der Waals surface area contributed by atoms with Gasteiger partial charge in [0.15, 0.2) is 11.5 Å². The van der Waals surface area contributed by atoms with Crippen LogP contribution in [0.2, 0.25) is 0 Å². The third kappa shape index (κ3) is 4.70. The second-order valence-corrected chi connectivity index (χ2v) is 7.94. The number of anilines is 4. The minimum Gasteiger partial charge on any atom is -0.453 e. The van der Waals surface area contributed by atoms with E-state index in [9.17, 15) is 4.79 Å². The Kier molecular flexibility index (Phi) is 8.02. The van der Waals surface area contributed by atoms with Crippen molar-refractivity contribution in [2.45, 2.75) is 41.5 Å². The molecular weight excluding hydrogens is 400 g/mol. The zero-order valence-corrected chi connectivity index (χ0v) is 20.5. The Bertz CT molecular complexity index is 857. The average molecular weight is 439 g/mol. The second-order valence-electron chi connectivity index (χ2n) is 7.94. The highest BCUT2D eigenvalue weighted by atomic mass is 16.5. The normalized spacial score (nSPS) is 12.3. The molecule has 32 heavy (non-hydrogen) atoms. The molecule has 0 radical (unpaired) electrons. The van der Waals surface area contributed by atoms with Crippen LogP contribution in [0, 0.1) is 0 Å². The predicted octanol–water partition coefficient (Wildman–Crippen LogP) is 5.49. The minimum atomic E-state index is 0.0608. The topological polar surface area (TPSA) is 39.3 Å². The third-order valence-corrected chi connectivity index (χ3v) is 6.35. The maximum atomic E-state index is 13.5. The summed E-state index contributed by atoms with van der Waals surface area (Å²) in [5.74, 6) is 1.52. The van der Waals surface area contributed by atoms with Crippen molar-refractivity contribution in [2.24, 2.45) is 0 Å². The summed E-state index contributed by atoms with van der Waals surface area (Å²) in [7, 11) is 0. The average Bonchev–Trinajstić information content (AvgIpc) is 2.82. The van der Waals surface area contributed by atoms with Crippen LogP contribution in [0.15, 0.2) is 36.4 Å². The first-order chi connectivity index (χ1) is 15.5. The summed E-state index contributed by atoms with van der Waals surface area (Å²) in [4.78, 5) is 22.1. The lowest BCUT2D eigenvalue weighted by Gasteiger charge is -2.34. The SMILES string of the molecule is CCN(CC)CC(=O)N1c2ccc(N(CC)CC)cc2Oc2cc(N(CC)CC)ccc21. The fraction of sp³-hybridized carbons (Fsp3) is 0.500. The predicted molar refractivity (Wildman–Crippen MR) is 135 cm³/mol. The van der Waals surface area contributed by atoms with Crippen LogP contribution in [0.5, 0.6) is 11.5 Å². The quantitative estimate of drug-likeness (QED) is 0.490. The Hall–Kier alpha value is -2.73. The van der Waals surface area contributed by atoms with Gasteiger partial charge in [-0.3, -0.25) is 14.6 Å². The molecule has 2 aromatic carbocycles. The number of carbonyl (C=O) groups excluding carboxylic acids is 1. The zero-order chi connectivity index (χ0) is 23.3. The largest absolute Gasteiger partial charge is 0.453 e. The van der Waals surface area contributed by atoms with Crippen LogP contribution in [-0.2, 0) is 4.79 Å². The molecule has 0 bridgehead atoms. The lowest BCUT2D eigenvalue weighted by molar-refractivity contribution is -0.119. The Labute approximate surface area is 193 Å². The second kappa shape index (κ2) is 10.7. The van der Waals surface area contributed by atoms with Crippen molar-refractivity contribution in [3.8, 4) is 11.5 Å². The number of likely N-dealkylation sites (N-methyl/N-ethyl adjacent to an activating group) is 1. The molecule has 0 saturated carbocycles. The smallest absolute Gasteiger partial charge is 0.245 e. The molecule has 0 unspecified atom stereocenters. The highest BCUT2D eigenvalue weighted by Crippen LogP contribution is 2.49. The standard InChI is InChI=1S/C26H38N4O2/c1-7-27(8-2)19-26(31)30-22-15-13-20(28(9-3)10-4)17-24(22)32-25-18-21(14-16-23(25)30)29(11-5)12-6/h13-18H,7-12,19H2,1-6H3. The third-order valence-electron chi connectivity index (χ3n) is 6.35. The maximum Gasteiger partial charge on any atom is 0.245 e. The molecule has 1 aliphatic heterocycles. The van der Waals surface area contributed by atoms with Gasteiger partial charge in [-0.2, -0.15) is 0 Å². The van der Waals surface area contributed by atoms with E-state index in [4.69, 9.17) is 4.74 Å². The van der Waals surface area contributed by atoms with Crippen LogP contribution < -0.4 is 19.4 Å². The molecule has 6 heteroatoms. The van der Waals surface area contributed by atoms with Gasteiger partial charge in [0.1, 0.15) is 0 Å². The van der Waals surface area contributed by atoms with Crippen molar-refractivity contribution in [1.82, 2.24) is 4.90 Å². The van der Waals surface area contributed by atoms with Crippen LogP contribution in [0.25, 0.3) is 0 Å². The van der Waals surface area contributed by atoms with E-state index in [2.05, 4.69) is 80.5 Å². The molecule has 174 valence electrons. The van der Waals surface area contributed by atoms with Crippen LogP contribution in [-0.4, -0.2) is 56.6 Å². The Morgan fingerprint density at radius 1 is 0.719 bits per heavy atom. The Morgan fingerprint density at radius 3 is 1.53 bits per heavy atom. The number of rotatable bonds is 10. The number of ether oxygens (including phenoxy) is 1. The van der Waals surface area contributed by atoms with Gasteiger partial charge in [0, 0.05) is 49.7 Å². The molecule has 2 aromatic rings. The monoisotopic (exact) mass is 438 g/mol. The molecule has 1 amide bonds. The highest BCUT2D eigenvalue weighted by molar-refractivity contribution is 6.05. The minimum absolute atomic E-state index is 0.0608. The van der Waals surface area contributed by atoms with Gasteiger partial charge in [-0.15, -0.1) is 0 Å². The van der Waals surface area contributed by atoms with Crippen molar-refractivity contribution in [3.05, 3.63) is 36.4 Å². The molecule has 0 aliphatic carbocycles. The molecule has 0 spiro atoms. The molecule has 6 nitrogen and oxygen atoms in total. The van der Waals surface area contributed by atoms with Crippen molar-refractivity contribution in [1.29, 1.82) is 0 Å². The van der Waals surface area contributed by atoms with Gasteiger partial charge >= 0.3 is 0 Å². The lowest BCUT2D eigenvalue weighted by atomic mass is 10.1. The van der Waals surface area contributed by atoms with Gasteiger partial charge in [-0.05, 0) is 65.0 Å². The van der Waals surface area contributed by atoms with E-state index < -0.39 is 0 Å². The van der Waals surface area contributed by atoms with Crippen LogP contribution in [0.1, 0.15) is 41.5 Å². The molecule has 0 fully saturated rings. The van der Waals surface area contributed by atoms with E-state index in [0.717, 1.165) is 73.5 Å². The number of hydrogen-bond acceptors (Lipinski definition) is 5. The van der Waals surface area contributed by atoms with E-state index in [0.29, 0.717) is 6.54 Å². The van der Waals surface area contributed by atoms with Gasteiger partial charge in [-0.1, -0.05) is 13.8 Å². The summed E-state index contributed by atoms with van der Waals surface area (Å²) in [6.45, 7) is 18.5. The summed E-state index contributed by atoms with van der Waals surface area (Å²) in [5.41, 5.74) is 3.82. The highest BCUT2D eigenvalue weighted by Gasteiger charge is 2.31. The fourth-order valence-corrected chi connectivity index (χ4v) is 4.34. The van der Waals surface area contributed by atoms with E-state index in [1.165, 1.54) is 0 Å². The van der Waals surface area contributed by atoms with E-state index in [1.54, 1.807) is 0 Å². The lowest BCUT2D eigenvalue weighted by Crippen LogP contribution is -2.39. The number of hydrogen-bond donors (Lipinski definition) is 0. The fourth-order valence-electron chi connectivity index (χ4n) is 4.34.